The van der Waals surface area contributed by atoms with Gasteiger partial charge in [-0.3, -0.25) is 4.79 Å². The standard InChI is InChI=1S/C21H28ClN3O2/c1-7-9-25(8-2)17-12-15(5)24-21(18(17)20(26)23-6)27-19-13(3)10-16(22)11-14(19)4/h10-12H,7-9H2,1-6H3,(H,23,26). The lowest BCUT2D eigenvalue weighted by atomic mass is 10.1. The van der Waals surface area contributed by atoms with Crippen LogP contribution < -0.4 is 15.0 Å². The molecular formula is C21H28ClN3O2. The van der Waals surface area contributed by atoms with Gasteiger partial charge in [-0.2, -0.15) is 0 Å². The van der Waals surface area contributed by atoms with E-state index in [4.69, 9.17) is 16.3 Å². The Bertz CT molecular complexity index is 813. The number of anilines is 1. The highest BCUT2D eigenvalue weighted by atomic mass is 35.5. The molecule has 146 valence electrons. The second-order valence-corrected chi connectivity index (χ2v) is 7.03. The molecule has 1 amide bonds. The quantitative estimate of drug-likeness (QED) is 0.720. The molecule has 0 bridgehead atoms. The first kappa shape index (κ1) is 21.0. The van der Waals surface area contributed by atoms with Crippen LogP contribution in [0.3, 0.4) is 0 Å². The van der Waals surface area contributed by atoms with Gasteiger partial charge >= 0.3 is 0 Å². The summed E-state index contributed by atoms with van der Waals surface area (Å²) >= 11 is 6.13. The zero-order chi connectivity index (χ0) is 20.1. The Kier molecular flexibility index (Phi) is 7.08. The molecule has 2 rings (SSSR count). The van der Waals surface area contributed by atoms with E-state index in [0.717, 1.165) is 42.0 Å². The van der Waals surface area contributed by atoms with Gasteiger partial charge in [0.05, 0.1) is 5.69 Å². The first-order chi connectivity index (χ1) is 12.8. The summed E-state index contributed by atoms with van der Waals surface area (Å²) in [6, 6.07) is 5.63. The Balaban J connectivity index is 2.65. The van der Waals surface area contributed by atoms with Gasteiger partial charge in [-0.1, -0.05) is 18.5 Å². The third-order valence-electron chi connectivity index (χ3n) is 4.39. The summed E-state index contributed by atoms with van der Waals surface area (Å²) in [5, 5.41) is 3.37. The number of carbonyl (C=O) groups excluding carboxylic acids is 1. The molecule has 0 aliphatic heterocycles. The molecule has 5 nitrogen and oxygen atoms in total. The molecule has 0 spiro atoms. The molecule has 0 fully saturated rings. The normalized spacial score (nSPS) is 10.6. The number of nitrogens with zero attached hydrogens (tertiary/aromatic N) is 2. The fourth-order valence-electron chi connectivity index (χ4n) is 3.16. The molecule has 1 N–H and O–H groups in total. The van der Waals surface area contributed by atoms with Crippen LogP contribution in [0.25, 0.3) is 0 Å². The van der Waals surface area contributed by atoms with Gasteiger partial charge in [0.1, 0.15) is 11.3 Å². The Morgan fingerprint density at radius 1 is 1.19 bits per heavy atom. The van der Waals surface area contributed by atoms with Gasteiger partial charge in [0.2, 0.25) is 5.88 Å². The van der Waals surface area contributed by atoms with E-state index >= 15 is 0 Å². The van der Waals surface area contributed by atoms with Crippen molar-refractivity contribution in [3.05, 3.63) is 45.6 Å². The number of halogens is 1. The van der Waals surface area contributed by atoms with E-state index in [1.165, 1.54) is 0 Å². The molecule has 0 radical (unpaired) electrons. The predicted octanol–water partition coefficient (Wildman–Crippen LogP) is 5.05. The van der Waals surface area contributed by atoms with Crippen LogP contribution in [0.5, 0.6) is 11.6 Å². The Morgan fingerprint density at radius 2 is 1.81 bits per heavy atom. The summed E-state index contributed by atoms with van der Waals surface area (Å²) in [6.45, 7) is 11.6. The maximum absolute atomic E-state index is 12.7. The van der Waals surface area contributed by atoms with Crippen molar-refractivity contribution >= 4 is 23.2 Å². The van der Waals surface area contributed by atoms with E-state index in [1.54, 1.807) is 7.05 Å². The number of ether oxygens (including phenoxy) is 1. The summed E-state index contributed by atoms with van der Waals surface area (Å²) < 4.78 is 6.19. The number of amides is 1. The van der Waals surface area contributed by atoms with Gasteiger partial charge in [-0.25, -0.2) is 4.98 Å². The molecule has 0 aliphatic carbocycles. The molecule has 1 aromatic carbocycles. The summed E-state index contributed by atoms with van der Waals surface area (Å²) in [5.41, 5.74) is 3.88. The predicted molar refractivity (Wildman–Crippen MR) is 112 cm³/mol. The topological polar surface area (TPSA) is 54.5 Å². The van der Waals surface area contributed by atoms with Gasteiger partial charge in [0, 0.05) is 30.9 Å². The monoisotopic (exact) mass is 389 g/mol. The lowest BCUT2D eigenvalue weighted by Gasteiger charge is -2.26. The fourth-order valence-corrected chi connectivity index (χ4v) is 3.49. The lowest BCUT2D eigenvalue weighted by molar-refractivity contribution is 0.0960. The molecule has 0 aliphatic rings. The van der Waals surface area contributed by atoms with Crippen molar-refractivity contribution < 1.29 is 9.53 Å². The summed E-state index contributed by atoms with van der Waals surface area (Å²) in [6.07, 6.45) is 0.980. The van der Waals surface area contributed by atoms with E-state index < -0.39 is 0 Å². The highest BCUT2D eigenvalue weighted by molar-refractivity contribution is 6.30. The molecule has 0 atom stereocenters. The highest BCUT2D eigenvalue weighted by Gasteiger charge is 2.24. The van der Waals surface area contributed by atoms with Crippen LogP contribution in [-0.4, -0.2) is 31.0 Å². The maximum atomic E-state index is 12.7. The van der Waals surface area contributed by atoms with E-state index in [1.807, 2.05) is 39.0 Å². The maximum Gasteiger partial charge on any atom is 0.258 e. The minimum Gasteiger partial charge on any atom is -0.438 e. The van der Waals surface area contributed by atoms with Crippen LogP contribution in [0.15, 0.2) is 18.2 Å². The highest BCUT2D eigenvalue weighted by Crippen LogP contribution is 2.36. The van der Waals surface area contributed by atoms with Crippen molar-refractivity contribution in [1.82, 2.24) is 10.3 Å². The van der Waals surface area contributed by atoms with Gasteiger partial charge in [0.25, 0.3) is 5.91 Å². The smallest absolute Gasteiger partial charge is 0.258 e. The van der Waals surface area contributed by atoms with Gasteiger partial charge in [-0.15, -0.1) is 0 Å². The van der Waals surface area contributed by atoms with Crippen LogP contribution in [0.4, 0.5) is 5.69 Å². The Hall–Kier alpha value is -2.27. The third kappa shape index (κ3) is 4.72. The van der Waals surface area contributed by atoms with Crippen molar-refractivity contribution in [2.24, 2.45) is 0 Å². The third-order valence-corrected chi connectivity index (χ3v) is 4.61. The van der Waals surface area contributed by atoms with Gasteiger partial charge in [0.15, 0.2) is 0 Å². The zero-order valence-corrected chi connectivity index (χ0v) is 17.7. The Morgan fingerprint density at radius 3 is 2.33 bits per heavy atom. The van der Waals surface area contributed by atoms with Crippen molar-refractivity contribution in [2.45, 2.75) is 41.0 Å². The summed E-state index contributed by atoms with van der Waals surface area (Å²) in [4.78, 5) is 19.4. The summed E-state index contributed by atoms with van der Waals surface area (Å²) in [7, 11) is 1.62. The molecule has 0 saturated heterocycles. The molecule has 0 saturated carbocycles. The van der Waals surface area contributed by atoms with E-state index in [9.17, 15) is 4.79 Å². The molecule has 2 aromatic rings. The van der Waals surface area contributed by atoms with E-state index in [-0.39, 0.29) is 5.91 Å². The van der Waals surface area contributed by atoms with Crippen LogP contribution in [0, 0.1) is 20.8 Å². The van der Waals surface area contributed by atoms with E-state index in [0.29, 0.717) is 22.2 Å². The number of hydrogen-bond donors (Lipinski definition) is 1. The molecule has 0 unspecified atom stereocenters. The summed E-state index contributed by atoms with van der Waals surface area (Å²) in [5.74, 6) is 0.769. The van der Waals surface area contributed by atoms with Crippen molar-refractivity contribution in [3.8, 4) is 11.6 Å². The SMILES string of the molecule is CCCN(CC)c1cc(C)nc(Oc2c(C)cc(Cl)cc2C)c1C(=O)NC. The number of nitrogens with one attached hydrogen (secondary N) is 1. The number of rotatable bonds is 7. The number of aryl methyl sites for hydroxylation is 3. The van der Waals surface area contributed by atoms with Crippen molar-refractivity contribution in [2.75, 3.05) is 25.0 Å². The number of pyridine rings is 1. The minimum absolute atomic E-state index is 0.216. The zero-order valence-electron chi connectivity index (χ0n) is 16.9. The van der Waals surface area contributed by atoms with Crippen LogP contribution in [-0.2, 0) is 0 Å². The second-order valence-electron chi connectivity index (χ2n) is 6.59. The van der Waals surface area contributed by atoms with Crippen LogP contribution >= 0.6 is 11.6 Å². The minimum atomic E-state index is -0.216. The molecule has 27 heavy (non-hydrogen) atoms. The largest absolute Gasteiger partial charge is 0.438 e. The van der Waals surface area contributed by atoms with Crippen LogP contribution in [0.2, 0.25) is 5.02 Å². The van der Waals surface area contributed by atoms with Crippen molar-refractivity contribution in [1.29, 1.82) is 0 Å². The second kappa shape index (κ2) is 9.09. The number of benzene rings is 1. The molecule has 1 aromatic heterocycles. The first-order valence-corrected chi connectivity index (χ1v) is 9.63. The average molecular weight is 390 g/mol. The molecule has 6 heteroatoms. The number of aromatic nitrogens is 1. The van der Waals surface area contributed by atoms with E-state index in [2.05, 4.69) is 29.0 Å². The number of hydrogen-bond acceptors (Lipinski definition) is 4. The van der Waals surface area contributed by atoms with Gasteiger partial charge < -0.3 is 15.0 Å². The fraction of sp³-hybridized carbons (Fsp3) is 0.429. The van der Waals surface area contributed by atoms with Crippen LogP contribution in [0.1, 0.15) is 47.4 Å². The average Bonchev–Trinajstić information content (AvgIpc) is 2.61. The lowest BCUT2D eigenvalue weighted by Crippen LogP contribution is -2.29. The Labute approximate surface area is 166 Å². The molecular weight excluding hydrogens is 362 g/mol. The van der Waals surface area contributed by atoms with Crippen molar-refractivity contribution in [3.63, 3.8) is 0 Å². The first-order valence-electron chi connectivity index (χ1n) is 9.25. The number of carbonyl (C=O) groups is 1. The molecule has 1 heterocycles. The van der Waals surface area contributed by atoms with Gasteiger partial charge in [-0.05, 0) is 63.4 Å².